The molecule has 1 aliphatic carbocycles. The van der Waals surface area contributed by atoms with Crippen molar-refractivity contribution in [3.63, 3.8) is 0 Å². The van der Waals surface area contributed by atoms with Gasteiger partial charge in [0.1, 0.15) is 5.52 Å². The normalized spacial score (nSPS) is 17.8. The maximum Gasteiger partial charge on any atom is 0.296 e. The number of oxazole rings is 1. The molecule has 3 rings (SSSR count). The van der Waals surface area contributed by atoms with Gasteiger partial charge >= 0.3 is 0 Å². The highest BCUT2D eigenvalue weighted by molar-refractivity contribution is 5.77. The topological polar surface area (TPSA) is 101 Å². The Balaban J connectivity index is 1.88. The molecule has 21 heavy (non-hydrogen) atoms. The molecule has 0 unspecified atom stereocenters. The fourth-order valence-electron chi connectivity index (χ4n) is 2.86. The van der Waals surface area contributed by atoms with E-state index in [-0.39, 0.29) is 12.3 Å². The van der Waals surface area contributed by atoms with E-state index in [1.54, 1.807) is 0 Å². The molecule has 0 saturated heterocycles. The predicted octanol–water partition coefficient (Wildman–Crippen LogP) is 2.84. The summed E-state index contributed by atoms with van der Waals surface area (Å²) in [6.07, 6.45) is 5.01. The number of anilines is 1. The molecule has 0 amide bonds. The fraction of sp³-hybridized carbons (Fsp3) is 0.500. The summed E-state index contributed by atoms with van der Waals surface area (Å²) in [5, 5.41) is 23.6. The average molecular weight is 291 g/mol. The second-order valence-electron chi connectivity index (χ2n) is 5.55. The Labute approximate surface area is 121 Å². The van der Waals surface area contributed by atoms with Crippen molar-refractivity contribution in [2.24, 2.45) is 0 Å². The zero-order valence-electron chi connectivity index (χ0n) is 11.5. The molecular formula is C14H17N3O4. The van der Waals surface area contributed by atoms with E-state index in [2.05, 4.69) is 10.3 Å². The van der Waals surface area contributed by atoms with Crippen molar-refractivity contribution in [1.29, 1.82) is 0 Å². The molecule has 7 heteroatoms. The highest BCUT2D eigenvalue weighted by Crippen LogP contribution is 2.32. The minimum atomic E-state index is -0.461. The molecule has 1 fully saturated rings. The molecule has 1 aliphatic rings. The lowest BCUT2D eigenvalue weighted by Gasteiger charge is -2.35. The van der Waals surface area contributed by atoms with Gasteiger partial charge in [-0.3, -0.25) is 10.1 Å². The average Bonchev–Trinajstić information content (AvgIpc) is 2.89. The standard InChI is InChI=1S/C14H17N3O4/c18-9-14(6-2-1-3-7-14)16-13-15-11-8-10(17(19)20)4-5-12(11)21-13/h4-5,8,18H,1-3,6-7,9H2,(H,15,16). The Hall–Kier alpha value is -2.15. The summed E-state index contributed by atoms with van der Waals surface area (Å²) in [5.41, 5.74) is 0.518. The molecule has 7 nitrogen and oxygen atoms in total. The van der Waals surface area contributed by atoms with Crippen LogP contribution in [0.4, 0.5) is 11.7 Å². The third kappa shape index (κ3) is 2.69. The predicted molar refractivity (Wildman–Crippen MR) is 77.2 cm³/mol. The molecule has 1 saturated carbocycles. The number of nitro benzene ring substituents is 1. The van der Waals surface area contributed by atoms with Crippen LogP contribution in [0.5, 0.6) is 0 Å². The minimum Gasteiger partial charge on any atom is -0.424 e. The number of nitro groups is 1. The number of aliphatic hydroxyl groups excluding tert-OH is 1. The third-order valence-electron chi connectivity index (χ3n) is 4.07. The van der Waals surface area contributed by atoms with Gasteiger partial charge in [0.05, 0.1) is 17.1 Å². The molecule has 0 aliphatic heterocycles. The van der Waals surface area contributed by atoms with Crippen molar-refractivity contribution < 1.29 is 14.4 Å². The van der Waals surface area contributed by atoms with Crippen LogP contribution in [0.15, 0.2) is 22.6 Å². The molecule has 112 valence electrons. The number of rotatable bonds is 4. The van der Waals surface area contributed by atoms with E-state index in [9.17, 15) is 15.2 Å². The van der Waals surface area contributed by atoms with Crippen molar-refractivity contribution in [2.45, 2.75) is 37.6 Å². The molecule has 1 aromatic carbocycles. The van der Waals surface area contributed by atoms with Crippen molar-refractivity contribution in [3.8, 4) is 0 Å². The fourth-order valence-corrected chi connectivity index (χ4v) is 2.86. The van der Waals surface area contributed by atoms with Gasteiger partial charge in [0.15, 0.2) is 5.58 Å². The first-order chi connectivity index (χ1) is 10.1. The molecule has 1 heterocycles. The van der Waals surface area contributed by atoms with Gasteiger partial charge in [0.2, 0.25) is 0 Å². The highest BCUT2D eigenvalue weighted by Gasteiger charge is 2.32. The summed E-state index contributed by atoms with van der Waals surface area (Å²) in [4.78, 5) is 14.6. The van der Waals surface area contributed by atoms with Crippen LogP contribution in [-0.2, 0) is 0 Å². The van der Waals surface area contributed by atoms with E-state index in [0.717, 1.165) is 25.7 Å². The summed E-state index contributed by atoms with van der Waals surface area (Å²) < 4.78 is 5.58. The lowest BCUT2D eigenvalue weighted by molar-refractivity contribution is -0.384. The number of hydrogen-bond acceptors (Lipinski definition) is 6. The van der Waals surface area contributed by atoms with E-state index < -0.39 is 10.5 Å². The van der Waals surface area contributed by atoms with Crippen LogP contribution >= 0.6 is 0 Å². The highest BCUT2D eigenvalue weighted by atomic mass is 16.6. The monoisotopic (exact) mass is 291 g/mol. The van der Waals surface area contributed by atoms with Crippen LogP contribution < -0.4 is 5.32 Å². The largest absolute Gasteiger partial charge is 0.424 e. The van der Waals surface area contributed by atoms with Gasteiger partial charge in [0.25, 0.3) is 11.7 Å². The molecule has 2 aromatic rings. The summed E-state index contributed by atoms with van der Waals surface area (Å²) in [6.45, 7) is 0.0197. The smallest absolute Gasteiger partial charge is 0.296 e. The van der Waals surface area contributed by atoms with Crippen molar-refractivity contribution in [2.75, 3.05) is 11.9 Å². The maximum absolute atomic E-state index is 10.8. The van der Waals surface area contributed by atoms with Gasteiger partial charge in [-0.2, -0.15) is 4.98 Å². The molecule has 0 atom stereocenters. The van der Waals surface area contributed by atoms with Gasteiger partial charge in [-0.15, -0.1) is 0 Å². The Morgan fingerprint density at radius 3 is 2.81 bits per heavy atom. The van der Waals surface area contributed by atoms with Crippen LogP contribution in [0.2, 0.25) is 0 Å². The summed E-state index contributed by atoms with van der Waals surface area (Å²) in [7, 11) is 0. The SMILES string of the molecule is O=[N+]([O-])c1ccc2oc(NC3(CO)CCCCC3)nc2c1. The van der Waals surface area contributed by atoms with Gasteiger partial charge in [-0.1, -0.05) is 19.3 Å². The second kappa shape index (κ2) is 5.33. The third-order valence-corrected chi connectivity index (χ3v) is 4.07. The zero-order valence-corrected chi connectivity index (χ0v) is 11.5. The number of nitrogens with one attached hydrogen (secondary N) is 1. The van der Waals surface area contributed by atoms with Crippen molar-refractivity contribution >= 4 is 22.8 Å². The molecule has 0 bridgehead atoms. The number of non-ortho nitro benzene ring substituents is 1. The number of fused-ring (bicyclic) bond motifs is 1. The molecule has 2 N–H and O–H groups in total. The first-order valence-electron chi connectivity index (χ1n) is 7.06. The Morgan fingerprint density at radius 2 is 2.14 bits per heavy atom. The molecular weight excluding hydrogens is 274 g/mol. The lowest BCUT2D eigenvalue weighted by atomic mass is 9.82. The number of hydrogen-bond donors (Lipinski definition) is 2. The molecule has 1 aromatic heterocycles. The van der Waals surface area contributed by atoms with E-state index >= 15 is 0 Å². The van der Waals surface area contributed by atoms with Gasteiger partial charge < -0.3 is 14.8 Å². The Morgan fingerprint density at radius 1 is 1.38 bits per heavy atom. The van der Waals surface area contributed by atoms with E-state index in [1.807, 2.05) is 0 Å². The van der Waals surface area contributed by atoms with Crippen molar-refractivity contribution in [3.05, 3.63) is 28.3 Å². The first-order valence-corrected chi connectivity index (χ1v) is 7.06. The van der Waals surface area contributed by atoms with Crippen molar-refractivity contribution in [1.82, 2.24) is 4.98 Å². The van der Waals surface area contributed by atoms with Crippen LogP contribution in [0, 0.1) is 10.1 Å². The number of aliphatic hydroxyl groups is 1. The number of aromatic nitrogens is 1. The van der Waals surface area contributed by atoms with E-state index in [4.69, 9.17) is 4.42 Å². The minimum absolute atomic E-state index is 0.0168. The summed E-state index contributed by atoms with van der Waals surface area (Å²) in [5.74, 6) is 0. The first kappa shape index (κ1) is 13.8. The van der Waals surface area contributed by atoms with Crippen LogP contribution in [-0.4, -0.2) is 27.2 Å². The van der Waals surface area contributed by atoms with Gasteiger partial charge in [-0.25, -0.2) is 0 Å². The number of nitrogens with zero attached hydrogens (tertiary/aromatic N) is 2. The summed E-state index contributed by atoms with van der Waals surface area (Å²) in [6, 6.07) is 4.62. The number of benzene rings is 1. The summed E-state index contributed by atoms with van der Waals surface area (Å²) >= 11 is 0. The van der Waals surface area contributed by atoms with Gasteiger partial charge in [0, 0.05) is 12.1 Å². The van der Waals surface area contributed by atoms with Crippen LogP contribution in [0.3, 0.4) is 0 Å². The van der Waals surface area contributed by atoms with Crippen LogP contribution in [0.25, 0.3) is 11.1 Å². The maximum atomic E-state index is 10.8. The molecule has 0 spiro atoms. The van der Waals surface area contributed by atoms with E-state index in [0.29, 0.717) is 17.1 Å². The van der Waals surface area contributed by atoms with Crippen LogP contribution in [0.1, 0.15) is 32.1 Å². The molecule has 0 radical (unpaired) electrons. The Kier molecular flexibility index (Phi) is 3.50. The quantitative estimate of drug-likeness (QED) is 0.663. The second-order valence-corrected chi connectivity index (χ2v) is 5.55. The Bertz CT molecular complexity index is 661. The van der Waals surface area contributed by atoms with E-state index in [1.165, 1.54) is 24.6 Å². The zero-order chi connectivity index (χ0) is 14.9. The lowest BCUT2D eigenvalue weighted by Crippen LogP contribution is -2.43. The van der Waals surface area contributed by atoms with Gasteiger partial charge in [-0.05, 0) is 18.9 Å².